The van der Waals surface area contributed by atoms with Crippen molar-refractivity contribution in [2.24, 2.45) is 11.8 Å². The van der Waals surface area contributed by atoms with Crippen LogP contribution < -0.4 is 10.9 Å². The second-order valence-electron chi connectivity index (χ2n) is 5.66. The summed E-state index contributed by atoms with van der Waals surface area (Å²) >= 11 is 0. The molecule has 0 saturated carbocycles. The SMILES string of the molecule is Cc1ccc(C(=O)N2CC3CNCC3C2C)c(=O)[nH]1. The van der Waals surface area contributed by atoms with Gasteiger partial charge in [-0.05, 0) is 37.8 Å². The molecule has 102 valence electrons. The van der Waals surface area contributed by atoms with Crippen molar-refractivity contribution in [3.8, 4) is 0 Å². The summed E-state index contributed by atoms with van der Waals surface area (Å²) in [7, 11) is 0. The number of hydrogen-bond acceptors (Lipinski definition) is 3. The highest BCUT2D eigenvalue weighted by Crippen LogP contribution is 2.32. The number of pyridine rings is 1. The summed E-state index contributed by atoms with van der Waals surface area (Å²) in [5, 5.41) is 3.37. The Hall–Kier alpha value is -1.62. The molecule has 0 aliphatic carbocycles. The molecule has 1 aromatic heterocycles. The molecular formula is C14H19N3O2. The number of carbonyl (C=O) groups excluding carboxylic acids is 1. The first kappa shape index (κ1) is 12.4. The predicted octanol–water partition coefficient (Wildman–Crippen LogP) is 0.363. The average molecular weight is 261 g/mol. The zero-order chi connectivity index (χ0) is 13.6. The van der Waals surface area contributed by atoms with E-state index in [2.05, 4.69) is 17.2 Å². The lowest BCUT2D eigenvalue weighted by Crippen LogP contribution is -2.40. The first-order chi connectivity index (χ1) is 9.08. The van der Waals surface area contributed by atoms with Crippen molar-refractivity contribution in [3.63, 3.8) is 0 Å². The van der Waals surface area contributed by atoms with Crippen molar-refractivity contribution in [2.45, 2.75) is 19.9 Å². The van der Waals surface area contributed by atoms with Gasteiger partial charge in [-0.3, -0.25) is 9.59 Å². The minimum Gasteiger partial charge on any atom is -0.335 e. The predicted molar refractivity (Wildman–Crippen MR) is 72.1 cm³/mol. The molecule has 2 aliphatic heterocycles. The third kappa shape index (κ3) is 1.98. The minimum absolute atomic E-state index is 0.136. The van der Waals surface area contributed by atoms with Gasteiger partial charge in [0.25, 0.3) is 11.5 Å². The van der Waals surface area contributed by atoms with Gasteiger partial charge in [0.15, 0.2) is 0 Å². The fourth-order valence-electron chi connectivity index (χ4n) is 3.33. The number of likely N-dealkylation sites (tertiary alicyclic amines) is 1. The Kier molecular flexibility index (Phi) is 2.93. The van der Waals surface area contributed by atoms with E-state index in [-0.39, 0.29) is 23.1 Å². The largest absolute Gasteiger partial charge is 0.335 e. The molecule has 3 rings (SSSR count). The smallest absolute Gasteiger partial charge is 0.260 e. The van der Waals surface area contributed by atoms with E-state index in [9.17, 15) is 9.59 Å². The molecule has 5 heteroatoms. The van der Waals surface area contributed by atoms with E-state index in [4.69, 9.17) is 0 Å². The third-order valence-electron chi connectivity index (χ3n) is 4.48. The second kappa shape index (κ2) is 4.49. The van der Waals surface area contributed by atoms with Gasteiger partial charge in [-0.15, -0.1) is 0 Å². The van der Waals surface area contributed by atoms with Crippen LogP contribution in [0.1, 0.15) is 23.0 Å². The fraction of sp³-hybridized carbons (Fsp3) is 0.571. The number of hydrogen-bond donors (Lipinski definition) is 2. The van der Waals surface area contributed by atoms with Crippen LogP contribution >= 0.6 is 0 Å². The quantitative estimate of drug-likeness (QED) is 0.767. The molecule has 1 aromatic rings. The Morgan fingerprint density at radius 3 is 2.84 bits per heavy atom. The lowest BCUT2D eigenvalue weighted by molar-refractivity contribution is 0.0726. The highest BCUT2D eigenvalue weighted by atomic mass is 16.2. The molecule has 0 radical (unpaired) electrons. The number of nitrogens with one attached hydrogen (secondary N) is 2. The Morgan fingerprint density at radius 2 is 2.16 bits per heavy atom. The number of nitrogens with zero attached hydrogens (tertiary/aromatic N) is 1. The van der Waals surface area contributed by atoms with Gasteiger partial charge < -0.3 is 15.2 Å². The van der Waals surface area contributed by atoms with Gasteiger partial charge in [-0.2, -0.15) is 0 Å². The Labute approximate surface area is 112 Å². The van der Waals surface area contributed by atoms with E-state index in [0.717, 1.165) is 25.3 Å². The van der Waals surface area contributed by atoms with Crippen LogP contribution in [-0.4, -0.2) is 41.5 Å². The van der Waals surface area contributed by atoms with Crippen molar-refractivity contribution in [1.29, 1.82) is 0 Å². The number of aromatic nitrogens is 1. The van der Waals surface area contributed by atoms with Gasteiger partial charge in [0.05, 0.1) is 0 Å². The topological polar surface area (TPSA) is 65.2 Å². The number of aromatic amines is 1. The Morgan fingerprint density at radius 1 is 1.37 bits per heavy atom. The summed E-state index contributed by atoms with van der Waals surface area (Å²) in [4.78, 5) is 28.9. The van der Waals surface area contributed by atoms with Crippen molar-refractivity contribution in [3.05, 3.63) is 33.7 Å². The van der Waals surface area contributed by atoms with Crippen molar-refractivity contribution < 1.29 is 4.79 Å². The third-order valence-corrected chi connectivity index (χ3v) is 4.48. The summed E-state index contributed by atoms with van der Waals surface area (Å²) in [5.41, 5.74) is 0.745. The zero-order valence-electron chi connectivity index (χ0n) is 11.3. The van der Waals surface area contributed by atoms with Crippen LogP contribution in [0, 0.1) is 18.8 Å². The molecule has 2 N–H and O–H groups in total. The minimum atomic E-state index is -0.285. The van der Waals surface area contributed by atoms with Crippen molar-refractivity contribution in [2.75, 3.05) is 19.6 Å². The molecule has 3 unspecified atom stereocenters. The average Bonchev–Trinajstić information content (AvgIpc) is 2.92. The van der Waals surface area contributed by atoms with Crippen LogP contribution in [0.5, 0.6) is 0 Å². The first-order valence-corrected chi connectivity index (χ1v) is 6.79. The van der Waals surface area contributed by atoms with Crippen molar-refractivity contribution in [1.82, 2.24) is 15.2 Å². The molecule has 2 fully saturated rings. The molecule has 19 heavy (non-hydrogen) atoms. The van der Waals surface area contributed by atoms with E-state index >= 15 is 0 Å². The zero-order valence-corrected chi connectivity index (χ0v) is 11.3. The van der Waals surface area contributed by atoms with Crippen molar-refractivity contribution >= 4 is 5.91 Å². The van der Waals surface area contributed by atoms with Gasteiger partial charge in [0.1, 0.15) is 5.56 Å². The van der Waals surface area contributed by atoms with Crippen LogP contribution in [0.3, 0.4) is 0 Å². The van der Waals surface area contributed by atoms with Crippen LogP contribution in [-0.2, 0) is 0 Å². The molecule has 0 bridgehead atoms. The maximum Gasteiger partial charge on any atom is 0.260 e. The summed E-state index contributed by atoms with van der Waals surface area (Å²) in [6, 6.07) is 3.61. The number of fused-ring (bicyclic) bond motifs is 1. The number of rotatable bonds is 1. The van der Waals surface area contributed by atoms with Crippen LogP contribution in [0.4, 0.5) is 0 Å². The fourth-order valence-corrected chi connectivity index (χ4v) is 3.33. The number of carbonyl (C=O) groups is 1. The van der Waals surface area contributed by atoms with Gasteiger partial charge in [0, 0.05) is 31.4 Å². The van der Waals surface area contributed by atoms with E-state index in [0.29, 0.717) is 11.8 Å². The maximum absolute atomic E-state index is 12.5. The normalized spacial score (nSPS) is 29.6. The molecule has 2 aliphatic rings. The Balaban J connectivity index is 1.87. The molecule has 1 amide bonds. The standard InChI is InChI=1S/C14H19N3O2/c1-8-3-4-11(13(18)16-8)14(19)17-7-10-5-15-6-12(10)9(17)2/h3-4,9-10,12,15H,5-7H2,1-2H3,(H,16,18). The number of aryl methyl sites for hydroxylation is 1. The highest BCUT2D eigenvalue weighted by molar-refractivity contribution is 5.94. The molecular weight excluding hydrogens is 242 g/mol. The molecule has 3 heterocycles. The van der Waals surface area contributed by atoms with E-state index < -0.39 is 0 Å². The summed E-state index contributed by atoms with van der Waals surface area (Å²) in [5.74, 6) is 0.917. The van der Waals surface area contributed by atoms with Gasteiger partial charge in [0.2, 0.25) is 0 Å². The highest BCUT2D eigenvalue weighted by Gasteiger charge is 2.44. The van der Waals surface area contributed by atoms with Crippen LogP contribution in [0.25, 0.3) is 0 Å². The van der Waals surface area contributed by atoms with Gasteiger partial charge >= 0.3 is 0 Å². The van der Waals surface area contributed by atoms with Crippen LogP contribution in [0.15, 0.2) is 16.9 Å². The lowest BCUT2D eigenvalue weighted by Gasteiger charge is -2.24. The maximum atomic E-state index is 12.5. The molecule has 5 nitrogen and oxygen atoms in total. The molecule has 2 saturated heterocycles. The lowest BCUT2D eigenvalue weighted by atomic mass is 9.95. The summed E-state index contributed by atoms with van der Waals surface area (Å²) in [6.45, 7) is 6.59. The summed E-state index contributed by atoms with van der Waals surface area (Å²) in [6.07, 6.45) is 0. The number of amides is 1. The van der Waals surface area contributed by atoms with Gasteiger partial charge in [-0.1, -0.05) is 0 Å². The van der Waals surface area contributed by atoms with Gasteiger partial charge in [-0.25, -0.2) is 0 Å². The molecule has 0 aromatic carbocycles. The summed E-state index contributed by atoms with van der Waals surface area (Å²) < 4.78 is 0. The Bertz CT molecular complexity index is 566. The van der Waals surface area contributed by atoms with E-state index in [1.54, 1.807) is 12.1 Å². The monoisotopic (exact) mass is 261 g/mol. The molecule has 0 spiro atoms. The van der Waals surface area contributed by atoms with E-state index in [1.165, 1.54) is 0 Å². The number of H-pyrrole nitrogens is 1. The van der Waals surface area contributed by atoms with E-state index in [1.807, 2.05) is 11.8 Å². The molecule has 3 atom stereocenters. The van der Waals surface area contributed by atoms with Crippen LogP contribution in [0.2, 0.25) is 0 Å². The second-order valence-corrected chi connectivity index (χ2v) is 5.66. The first-order valence-electron chi connectivity index (χ1n) is 6.79.